The van der Waals surface area contributed by atoms with Gasteiger partial charge in [-0.05, 0) is 200 Å². The molecule has 33 heteroatoms. The number of rotatable bonds is 14. The smallest absolute Gasteiger partial charge is 0.488 e. The number of nitrogens with zero attached hydrogens (tertiary/aromatic N) is 10. The van der Waals surface area contributed by atoms with Crippen LogP contribution in [0.5, 0.6) is 0 Å². The predicted molar refractivity (Wildman–Crippen MR) is 576 cm³/mol. The summed E-state index contributed by atoms with van der Waals surface area (Å²) >= 11 is 6.90. The number of fused-ring (bicyclic) bond motifs is 4. The molecule has 2 atom stereocenters. The summed E-state index contributed by atoms with van der Waals surface area (Å²) in [6.45, 7) is 62.6. The Balaban J connectivity index is 0.000000292. The number of aryl methyl sites for hydroxylation is 4. The topological polar surface area (TPSA) is 248 Å². The van der Waals surface area contributed by atoms with Crippen LogP contribution in [0.3, 0.4) is 0 Å². The summed E-state index contributed by atoms with van der Waals surface area (Å²) in [6.07, 6.45) is 28.5. The second-order valence-corrected chi connectivity index (χ2v) is 40.7. The van der Waals surface area contributed by atoms with E-state index < -0.39 is 14.4 Å². The van der Waals surface area contributed by atoms with Crippen molar-refractivity contribution in [3.8, 4) is 39.8 Å². The first-order valence-corrected chi connectivity index (χ1v) is 50.2. The fraction of sp³-hybridized carbons (Fsp3) is 0.477. The number of hydrogen-bond donors (Lipinski definition) is 1. The predicted octanol–water partition coefficient (Wildman–Crippen LogP) is 32.1. The van der Waals surface area contributed by atoms with Gasteiger partial charge in [-0.3, -0.25) is 14.1 Å². The van der Waals surface area contributed by atoms with Gasteiger partial charge >= 0.3 is 48.7 Å². The van der Waals surface area contributed by atoms with Crippen LogP contribution in [0.15, 0.2) is 185 Å². The van der Waals surface area contributed by atoms with Crippen molar-refractivity contribution < 1.29 is 103 Å². The van der Waals surface area contributed by atoms with E-state index in [1.807, 2.05) is 208 Å². The molecule has 0 spiro atoms. The Hall–Kier alpha value is -7.99. The third-order valence-electron chi connectivity index (χ3n) is 24.7. The number of imidazole rings is 3. The van der Waals surface area contributed by atoms with Crippen LogP contribution >= 0.6 is 31.9 Å². The van der Waals surface area contributed by atoms with Crippen LogP contribution in [0.25, 0.3) is 84.2 Å². The Bertz CT molecular complexity index is 5860. The number of halogens is 6. The quantitative estimate of drug-likeness (QED) is 0.0603. The summed E-state index contributed by atoms with van der Waals surface area (Å²) in [6, 6.07) is 44.5. The van der Waals surface area contributed by atoms with Crippen LogP contribution in [-0.2, 0) is 68.1 Å². The molecule has 2 unspecified atom stereocenters. The number of benzene rings is 7. The number of hydrogen-bond acceptors (Lipinski definition) is 18. The molecule has 10 heterocycles. The van der Waals surface area contributed by atoms with E-state index in [9.17, 15) is 17.3 Å². The average Bonchev–Trinajstić information content (AvgIpc) is 1.62. The van der Waals surface area contributed by atoms with Crippen LogP contribution in [0.4, 0.5) is 17.3 Å². The Kier molecular flexibility index (Phi) is 49.3. The molecule has 3 aliphatic heterocycles. The number of oxazole rings is 4. The molecule has 775 valence electrons. The van der Waals surface area contributed by atoms with E-state index in [1.54, 1.807) is 0 Å². The van der Waals surface area contributed by atoms with Gasteiger partial charge in [-0.25, -0.2) is 29.9 Å². The first-order valence-electron chi connectivity index (χ1n) is 48.6. The van der Waals surface area contributed by atoms with E-state index >= 15 is 0 Å². The van der Waals surface area contributed by atoms with E-state index in [-0.39, 0.29) is 103 Å². The van der Waals surface area contributed by atoms with E-state index in [4.69, 9.17) is 50.6 Å². The summed E-state index contributed by atoms with van der Waals surface area (Å²) in [5, 5.41) is 0. The van der Waals surface area contributed by atoms with Gasteiger partial charge in [0.1, 0.15) is 22.4 Å². The molecule has 7 aromatic heterocycles. The maximum atomic E-state index is 9.75. The van der Waals surface area contributed by atoms with Crippen LogP contribution in [0.1, 0.15) is 331 Å². The minimum atomic E-state index is -6.00. The maximum Gasteiger partial charge on any atom is 3.00 e. The number of para-hydroxylation sites is 6. The van der Waals surface area contributed by atoms with Gasteiger partial charge in [0.2, 0.25) is 0 Å². The van der Waals surface area contributed by atoms with Crippen LogP contribution in [0.2, 0.25) is 6.22 Å². The molecule has 1 saturated carbocycles. The maximum absolute atomic E-state index is 9.75. The Labute approximate surface area is 887 Å². The largest absolute Gasteiger partial charge is 3.00 e. The molecule has 7 aromatic carbocycles. The summed E-state index contributed by atoms with van der Waals surface area (Å²) < 4.78 is 105. The van der Waals surface area contributed by atoms with Gasteiger partial charge < -0.3 is 86.4 Å². The van der Waals surface area contributed by atoms with E-state index in [0.717, 1.165) is 81.8 Å². The molecule has 142 heavy (non-hydrogen) atoms. The summed E-state index contributed by atoms with van der Waals surface area (Å²) in [5.41, 5.74) is 19.6. The van der Waals surface area contributed by atoms with E-state index in [0.29, 0.717) is 65.3 Å². The fourth-order valence-corrected chi connectivity index (χ4v) is 17.2. The molecule has 18 rings (SSSR count). The first-order chi connectivity index (χ1) is 65.1. The second-order valence-electron chi connectivity index (χ2n) is 39.1. The van der Waals surface area contributed by atoms with Crippen molar-refractivity contribution in [3.05, 3.63) is 244 Å². The van der Waals surface area contributed by atoms with Gasteiger partial charge in [0.05, 0.1) is 67.4 Å². The molecular weight excluding hydrogens is 2290 g/mol. The van der Waals surface area contributed by atoms with Crippen molar-refractivity contribution in [2.45, 2.75) is 343 Å². The molecule has 14 aromatic rings. The Morgan fingerprint density at radius 2 is 0.725 bits per heavy atom. The minimum absolute atomic E-state index is 0. The zero-order chi connectivity index (χ0) is 102. The monoisotopic (exact) mass is 2440 g/mol. The van der Waals surface area contributed by atoms with Gasteiger partial charge in [-0.1, -0.05) is 226 Å². The van der Waals surface area contributed by atoms with Gasteiger partial charge in [0.25, 0.3) is 0 Å². The third kappa shape index (κ3) is 33.0. The van der Waals surface area contributed by atoms with Gasteiger partial charge in [0.15, 0.2) is 45.0 Å². The molecule has 0 bridgehead atoms. The zero-order valence-corrected chi connectivity index (χ0v) is 96.1. The van der Waals surface area contributed by atoms with Crippen molar-refractivity contribution >= 4 is 110 Å². The van der Waals surface area contributed by atoms with Crippen molar-refractivity contribution in [1.29, 1.82) is 0 Å². The molecule has 4 aliphatic rings. The standard InChI is InChI=1S/C23H25N3O.C23H24N3O.C15H19BrN2.C14H18BNO3.C11H22B2O4.C8H6BrNO.C8H16.2C3H7.CH4.BF4.2Ir.H3N/c2*1-14(2)17-8-6-9-18(15(3)4)21(17)26-13-12-24-23(26)19-10-7-11-20-22(19)27-16(5)25-20;1-10(2)12-6-5-7-13(11(3)4)14(12)18-9-8-17-15(18)16;1-9-16-11-8-6-7-10(12(11)17-9)15-18-13(2,3)14(4,5)19-15;1-8-9(2)15-12(14-8)7-13-16-10(3,4)11(5,6)17-13;1-5-10-7-4-2-3-6(9)8(7)11-5;1-2-4-6-8-7-5-3-1;2*1-3-2;;2-1(3,4)5;;;/h6-15H,1-5H3;6-9,11-15H,1-5H3;5-11H,1-4H3;6-8H,1-5H3;8-9H,7H2,1-6H3;2-4H,1H3;1-8H2;2*3H,1-2H3;1H4;;;;1H3/q;-1;;;;;;2*-1;;-1;;+3;. The summed E-state index contributed by atoms with van der Waals surface area (Å²) in [5.74, 6) is 7.00. The van der Waals surface area contributed by atoms with Crippen LogP contribution in [-0.4, -0.2) is 112 Å². The Morgan fingerprint density at radius 3 is 1.11 bits per heavy atom. The van der Waals surface area contributed by atoms with Gasteiger partial charge in [-0.15, -0.1) is 18.2 Å². The van der Waals surface area contributed by atoms with Gasteiger partial charge in [0, 0.05) is 108 Å². The first kappa shape index (κ1) is 124. The molecule has 1 aliphatic carbocycles. The summed E-state index contributed by atoms with van der Waals surface area (Å²) in [7, 11) is -6.88. The second kappa shape index (κ2) is 56.2. The van der Waals surface area contributed by atoms with Crippen molar-refractivity contribution in [2.24, 2.45) is 0 Å². The SMILES string of the molecule is C.C1CCCCCCC1.CC(C)c1cccc(C(C)C)c1-n1ccnc1Br.CC1OB(CB2OC(C)(C)C(C)(C)O2)OC1C.C[CH-]C.C[CH-]C.Cc1nc2cc[c-]c(-c3nccn3-c3c(C(C)C)cccc3C(C)C)c2o1.Cc1nc2cccc(-c3nccn3-c3c(C(C)C)cccc3C(C)C)c2o1.Cc1nc2cccc(B3OC(C)(C)C(C)(C)O3)c2o1.Cc1nc2cccc(Br)c2o1.F[B-](F)(F)F.N.[Ir+3].[Ir]. The van der Waals surface area contributed by atoms with Gasteiger partial charge in [-0.2, -0.15) is 27.7 Å². The van der Waals surface area contributed by atoms with Crippen molar-refractivity contribution in [2.75, 3.05) is 0 Å². The molecule has 4 fully saturated rings. The van der Waals surface area contributed by atoms with Crippen molar-refractivity contribution in [1.82, 2.24) is 54.7 Å². The summed E-state index contributed by atoms with van der Waals surface area (Å²) in [4.78, 5) is 31.1. The Morgan fingerprint density at radius 1 is 0.423 bits per heavy atom. The van der Waals surface area contributed by atoms with E-state index in [2.05, 4.69) is 253 Å². The fourth-order valence-electron chi connectivity index (χ4n) is 16.3. The molecule has 0 amide bonds. The molecule has 21 nitrogen and oxygen atoms in total. The van der Waals surface area contributed by atoms with Crippen LogP contribution < -0.4 is 11.6 Å². The zero-order valence-electron chi connectivity index (χ0n) is 88.2. The normalized spacial score (nSPS) is 15.9. The van der Waals surface area contributed by atoms with Crippen LogP contribution in [0, 0.1) is 46.6 Å². The van der Waals surface area contributed by atoms with E-state index in [1.165, 1.54) is 102 Å². The molecule has 1 radical (unpaired) electrons. The third-order valence-corrected chi connectivity index (χ3v) is 25.9. The molecule has 3 saturated heterocycles. The van der Waals surface area contributed by atoms with Crippen molar-refractivity contribution in [3.63, 3.8) is 0 Å². The molecule has 3 N–H and O–H groups in total. The number of aromatic nitrogens is 10. The minimum Gasteiger partial charge on any atom is -0.488 e. The average molecular weight is 2440 g/mol. The molecular formula is C109H151B4Br2F4Ir2N11O10-.